The van der Waals surface area contributed by atoms with Gasteiger partial charge >= 0.3 is 0 Å². The van der Waals surface area contributed by atoms with Crippen LogP contribution in [0.2, 0.25) is 0 Å². The van der Waals surface area contributed by atoms with Gasteiger partial charge in [-0.2, -0.15) is 0 Å². The van der Waals surface area contributed by atoms with E-state index >= 15 is 0 Å². The second kappa shape index (κ2) is 5.89. The Kier molecular flexibility index (Phi) is 3.22. The lowest BCUT2D eigenvalue weighted by atomic mass is 9.97. The smallest absolute Gasteiger partial charge is 0.0576 e. The third-order valence-electron chi connectivity index (χ3n) is 7.03. The van der Waals surface area contributed by atoms with E-state index in [0.29, 0.717) is 5.92 Å². The molecule has 1 N–H and O–H groups in total. The van der Waals surface area contributed by atoms with Crippen molar-refractivity contribution in [2.45, 2.75) is 19.8 Å². The number of hydrogen-bond acceptors (Lipinski definition) is 0. The van der Waals surface area contributed by atoms with Gasteiger partial charge in [-0.25, -0.2) is 0 Å². The molecular weight excluding hydrogens is 376 g/mol. The van der Waals surface area contributed by atoms with Crippen molar-refractivity contribution >= 4 is 60.1 Å². The van der Waals surface area contributed by atoms with Gasteiger partial charge in [0, 0.05) is 44.2 Å². The van der Waals surface area contributed by atoms with E-state index in [2.05, 4.69) is 108 Å². The Morgan fingerprint density at radius 1 is 0.806 bits per heavy atom. The average Bonchev–Trinajstić information content (AvgIpc) is 3.41. The minimum absolute atomic E-state index is 0.395. The van der Waals surface area contributed by atoms with Crippen LogP contribution in [0.15, 0.2) is 85.0 Å². The maximum Gasteiger partial charge on any atom is 0.0576 e. The number of aromatic amines is 1. The monoisotopic (exact) mass is 398 g/mol. The third kappa shape index (κ3) is 2.12. The van der Waals surface area contributed by atoms with Crippen LogP contribution in [-0.4, -0.2) is 9.55 Å². The number of rotatable bonds is 1. The highest BCUT2D eigenvalue weighted by Gasteiger charge is 2.28. The van der Waals surface area contributed by atoms with E-state index in [4.69, 9.17) is 0 Å². The van der Waals surface area contributed by atoms with Gasteiger partial charge in [-0.05, 0) is 59.7 Å². The highest BCUT2D eigenvalue weighted by molar-refractivity contribution is 6.19. The molecule has 1 unspecified atom stereocenters. The van der Waals surface area contributed by atoms with Crippen molar-refractivity contribution in [3.8, 4) is 0 Å². The number of para-hydroxylation sites is 2. The number of allylic oxidation sites excluding steroid dienone is 4. The standard InChI is InChI=1S/C29H22N2/c1-3-4-12-27-17(2)20-9-7-10-22-24-14-18-13-23-21-8-5-6-11-25(21)30-26(23)15-19(18)16-28(24)31(27)29(20)22/h3-17,30H,1-2H3/b4-3-,27-12+. The van der Waals surface area contributed by atoms with Gasteiger partial charge in [0.25, 0.3) is 0 Å². The van der Waals surface area contributed by atoms with Crippen LogP contribution in [0.1, 0.15) is 25.3 Å². The van der Waals surface area contributed by atoms with Gasteiger partial charge in [0.05, 0.1) is 11.0 Å². The molecule has 0 saturated carbocycles. The van der Waals surface area contributed by atoms with Gasteiger partial charge in [-0.3, -0.25) is 0 Å². The number of aromatic nitrogens is 2. The largest absolute Gasteiger partial charge is 0.354 e. The van der Waals surface area contributed by atoms with Gasteiger partial charge in [0.2, 0.25) is 0 Å². The molecule has 6 aromatic rings. The van der Waals surface area contributed by atoms with Crippen molar-refractivity contribution in [3.63, 3.8) is 0 Å². The van der Waals surface area contributed by atoms with Gasteiger partial charge < -0.3 is 9.55 Å². The van der Waals surface area contributed by atoms with Crippen molar-refractivity contribution in [1.29, 1.82) is 0 Å². The Morgan fingerprint density at radius 3 is 2.52 bits per heavy atom. The van der Waals surface area contributed by atoms with Gasteiger partial charge in [0.1, 0.15) is 0 Å². The molecule has 0 saturated heterocycles. The van der Waals surface area contributed by atoms with E-state index in [0.717, 1.165) is 0 Å². The fourth-order valence-corrected chi connectivity index (χ4v) is 5.57. The first-order chi connectivity index (χ1) is 15.2. The molecule has 1 atom stereocenters. The zero-order valence-corrected chi connectivity index (χ0v) is 17.6. The van der Waals surface area contributed by atoms with Crippen LogP contribution in [0, 0.1) is 0 Å². The molecule has 2 nitrogen and oxygen atoms in total. The molecule has 2 heteroatoms. The summed E-state index contributed by atoms with van der Waals surface area (Å²) >= 11 is 0. The maximum atomic E-state index is 3.60. The number of hydrogen-bond donors (Lipinski definition) is 1. The summed E-state index contributed by atoms with van der Waals surface area (Å²) in [5.41, 5.74) is 7.83. The van der Waals surface area contributed by atoms with E-state index in [9.17, 15) is 0 Å². The molecular formula is C29H22N2. The van der Waals surface area contributed by atoms with Gasteiger partial charge in [-0.1, -0.05) is 55.5 Å². The van der Waals surface area contributed by atoms with E-state index in [1.807, 2.05) is 0 Å². The summed E-state index contributed by atoms with van der Waals surface area (Å²) in [6.45, 7) is 4.39. The predicted octanol–water partition coefficient (Wildman–Crippen LogP) is 8.12. The molecule has 1 aliphatic rings. The molecule has 0 radical (unpaired) electrons. The van der Waals surface area contributed by atoms with Crippen LogP contribution in [0.5, 0.6) is 0 Å². The molecule has 31 heavy (non-hydrogen) atoms. The van der Waals surface area contributed by atoms with Crippen molar-refractivity contribution in [3.05, 3.63) is 90.5 Å². The molecule has 148 valence electrons. The fourth-order valence-electron chi connectivity index (χ4n) is 5.57. The first-order valence-corrected chi connectivity index (χ1v) is 11.0. The quantitative estimate of drug-likeness (QED) is 0.289. The Morgan fingerprint density at radius 2 is 1.61 bits per heavy atom. The summed E-state index contributed by atoms with van der Waals surface area (Å²) in [6, 6.07) is 24.8. The molecule has 0 amide bonds. The first-order valence-electron chi connectivity index (χ1n) is 11.0. The molecule has 1 aliphatic heterocycles. The Labute approximate surface area is 180 Å². The zero-order valence-electron chi connectivity index (χ0n) is 17.6. The van der Waals surface area contributed by atoms with Crippen molar-refractivity contribution in [2.75, 3.05) is 0 Å². The summed E-state index contributed by atoms with van der Waals surface area (Å²) in [5.74, 6) is 0.395. The lowest BCUT2D eigenvalue weighted by Gasteiger charge is -2.11. The molecule has 2 aromatic heterocycles. The van der Waals surface area contributed by atoms with Crippen molar-refractivity contribution < 1.29 is 0 Å². The minimum Gasteiger partial charge on any atom is -0.354 e. The predicted molar refractivity (Wildman–Crippen MR) is 134 cm³/mol. The summed E-state index contributed by atoms with van der Waals surface area (Å²) in [6.07, 6.45) is 6.53. The number of fused-ring (bicyclic) bond motifs is 7. The Balaban J connectivity index is 1.64. The van der Waals surface area contributed by atoms with E-state index in [-0.39, 0.29) is 0 Å². The molecule has 3 heterocycles. The van der Waals surface area contributed by atoms with E-state index in [1.165, 1.54) is 65.6 Å². The minimum atomic E-state index is 0.395. The Hall–Kier alpha value is -3.78. The van der Waals surface area contributed by atoms with Crippen molar-refractivity contribution in [2.24, 2.45) is 0 Å². The summed E-state index contributed by atoms with van der Waals surface area (Å²) in [5, 5.41) is 7.84. The number of H-pyrrole nitrogens is 1. The maximum absolute atomic E-state index is 3.60. The van der Waals surface area contributed by atoms with E-state index in [1.54, 1.807) is 0 Å². The summed E-state index contributed by atoms with van der Waals surface area (Å²) in [4.78, 5) is 3.60. The number of nitrogens with zero attached hydrogens (tertiary/aromatic N) is 1. The SMILES string of the molecule is C/C=C\C=C1/C(C)c2cccc3c4cc5cc6c(cc5cc4n1c23)[nH]c1ccccc16. The second-order valence-electron chi connectivity index (χ2n) is 8.70. The second-order valence-corrected chi connectivity index (χ2v) is 8.70. The van der Waals surface area contributed by atoms with Gasteiger partial charge in [0.15, 0.2) is 0 Å². The Bertz CT molecular complexity index is 1750. The van der Waals surface area contributed by atoms with Crippen LogP contribution >= 0.6 is 0 Å². The van der Waals surface area contributed by atoms with Crippen LogP contribution < -0.4 is 0 Å². The topological polar surface area (TPSA) is 20.7 Å². The van der Waals surface area contributed by atoms with Gasteiger partial charge in [-0.15, -0.1) is 0 Å². The lowest BCUT2D eigenvalue weighted by Crippen LogP contribution is -1.95. The highest BCUT2D eigenvalue weighted by Crippen LogP contribution is 2.47. The van der Waals surface area contributed by atoms with Crippen LogP contribution in [-0.2, 0) is 0 Å². The van der Waals surface area contributed by atoms with Crippen LogP contribution in [0.3, 0.4) is 0 Å². The summed E-state index contributed by atoms with van der Waals surface area (Å²) < 4.78 is 2.49. The van der Waals surface area contributed by atoms with E-state index < -0.39 is 0 Å². The van der Waals surface area contributed by atoms with Crippen molar-refractivity contribution in [1.82, 2.24) is 9.55 Å². The van der Waals surface area contributed by atoms with Crippen LogP contribution in [0.25, 0.3) is 60.1 Å². The third-order valence-corrected chi connectivity index (χ3v) is 7.03. The molecule has 0 fully saturated rings. The zero-order chi connectivity index (χ0) is 20.7. The average molecular weight is 399 g/mol. The molecule has 0 spiro atoms. The molecule has 0 aliphatic carbocycles. The van der Waals surface area contributed by atoms with Crippen LogP contribution in [0.4, 0.5) is 0 Å². The first kappa shape index (κ1) is 17.0. The normalized spacial score (nSPS) is 17.6. The summed E-state index contributed by atoms with van der Waals surface area (Å²) in [7, 11) is 0. The number of nitrogens with one attached hydrogen (secondary N) is 1. The molecule has 0 bridgehead atoms. The fraction of sp³-hybridized carbons (Fsp3) is 0.103. The number of benzene rings is 4. The lowest BCUT2D eigenvalue weighted by molar-refractivity contribution is 0.985. The molecule has 7 rings (SSSR count). The molecule has 4 aromatic carbocycles. The highest BCUT2D eigenvalue weighted by atomic mass is 15.0.